The van der Waals surface area contributed by atoms with E-state index in [1.807, 2.05) is 0 Å². The second-order valence-electron chi connectivity index (χ2n) is 8.92. The molecule has 1 heterocycles. The number of anilines is 1. The van der Waals surface area contributed by atoms with Gasteiger partial charge in [-0.25, -0.2) is 9.48 Å². The smallest absolute Gasteiger partial charge is 0.412 e. The molecule has 0 bridgehead atoms. The molecule has 0 radical (unpaired) electrons. The number of carbonyl (C=O) groups is 2. The molecule has 1 aromatic heterocycles. The number of nitrogens with two attached hydrogens (primary N) is 1. The van der Waals surface area contributed by atoms with Gasteiger partial charge in [0.15, 0.2) is 5.69 Å². The Morgan fingerprint density at radius 3 is 2.11 bits per heavy atom. The molecule has 0 saturated heterocycles. The summed E-state index contributed by atoms with van der Waals surface area (Å²) in [6.07, 6.45) is -1.86. The molecule has 2 fully saturated rings. The zero-order valence-electron chi connectivity index (χ0n) is 18.5. The first-order valence-corrected chi connectivity index (χ1v) is 12.9. The predicted octanol–water partition coefficient (Wildman–Crippen LogP) is 5.89. The molecular formula is C20H15Cl2F5N6O3S. The number of nitriles is 2. The first-order chi connectivity index (χ1) is 16.7. The monoisotopic (exact) mass is 584 g/mol. The van der Waals surface area contributed by atoms with Crippen LogP contribution in [0.15, 0.2) is 11.0 Å². The number of hydrogen-bond acceptors (Lipinski definition) is 5. The van der Waals surface area contributed by atoms with Gasteiger partial charge in [-0.2, -0.15) is 15.6 Å². The van der Waals surface area contributed by atoms with Crippen molar-refractivity contribution in [3.8, 4) is 17.8 Å². The largest absolute Gasteiger partial charge is 0.465 e. The number of carbonyl (C=O) groups excluding carboxylic acids is 1. The highest BCUT2D eigenvalue weighted by atomic mass is 35.5. The molecular weight excluding hydrogens is 570 g/mol. The third kappa shape index (κ3) is 4.02. The van der Waals surface area contributed by atoms with E-state index in [0.717, 1.165) is 7.05 Å². The highest BCUT2D eigenvalue weighted by Crippen LogP contribution is 3.03. The van der Waals surface area contributed by atoms with Gasteiger partial charge in [-0.3, -0.25) is 9.69 Å². The lowest BCUT2D eigenvalue weighted by molar-refractivity contribution is -0.120. The normalized spacial score (nSPS) is 19.1. The fourth-order valence-electron chi connectivity index (χ4n) is 4.30. The van der Waals surface area contributed by atoms with Crippen LogP contribution < -0.4 is 10.6 Å². The minimum atomic E-state index is -10.5. The summed E-state index contributed by atoms with van der Waals surface area (Å²) in [5.41, 5.74) is -0.688. The summed E-state index contributed by atoms with van der Waals surface area (Å²) >= 11 is 12.3. The van der Waals surface area contributed by atoms with Crippen LogP contribution >= 0.6 is 33.4 Å². The zero-order chi connectivity index (χ0) is 28.0. The van der Waals surface area contributed by atoms with Crippen molar-refractivity contribution in [2.24, 2.45) is 5.73 Å². The Balaban J connectivity index is 2.18. The third-order valence-corrected chi connectivity index (χ3v) is 8.31. The number of rotatable bonds is 6. The second kappa shape index (κ2) is 7.18. The van der Waals surface area contributed by atoms with E-state index in [0.29, 0.717) is 9.58 Å². The SMILES string of the molecule is CN(C(=O)O)c1c(C2(C(N)=O)CC2)c(C#N)nn1-c1c(Cl)cc(S(F)(F)(F)(F)F)c(C2(C#N)CC2)c1Cl. The van der Waals surface area contributed by atoms with Gasteiger partial charge in [0, 0.05) is 18.2 Å². The van der Waals surface area contributed by atoms with Crippen molar-refractivity contribution in [1.29, 1.82) is 10.5 Å². The molecule has 3 N–H and O–H groups in total. The molecule has 1 aromatic carbocycles. The topological polar surface area (TPSA) is 149 Å². The molecule has 198 valence electrons. The van der Waals surface area contributed by atoms with E-state index in [1.165, 1.54) is 0 Å². The van der Waals surface area contributed by atoms with E-state index in [-0.39, 0.29) is 37.3 Å². The molecule has 2 aromatic rings. The number of nitrogens with zero attached hydrogens (tertiary/aromatic N) is 5. The Kier molecular flexibility index (Phi) is 5.20. The van der Waals surface area contributed by atoms with E-state index in [1.54, 1.807) is 12.1 Å². The van der Waals surface area contributed by atoms with Crippen molar-refractivity contribution in [3.63, 3.8) is 0 Å². The van der Waals surface area contributed by atoms with E-state index >= 15 is 0 Å². The Hall–Kier alpha value is -3.27. The van der Waals surface area contributed by atoms with Gasteiger partial charge in [-0.1, -0.05) is 42.6 Å². The van der Waals surface area contributed by atoms with Crippen LogP contribution in [0, 0.1) is 22.7 Å². The van der Waals surface area contributed by atoms with Crippen LogP contribution in [-0.2, 0) is 15.6 Å². The van der Waals surface area contributed by atoms with Crippen molar-refractivity contribution in [3.05, 3.63) is 32.9 Å². The highest BCUT2D eigenvalue weighted by molar-refractivity contribution is 8.45. The summed E-state index contributed by atoms with van der Waals surface area (Å²) < 4.78 is 70.9. The molecule has 0 aliphatic heterocycles. The molecule has 37 heavy (non-hydrogen) atoms. The van der Waals surface area contributed by atoms with Gasteiger partial charge in [-0.15, -0.1) is 0 Å². The van der Waals surface area contributed by atoms with Gasteiger partial charge in [0.2, 0.25) is 5.91 Å². The fourth-order valence-corrected chi connectivity index (χ4v) is 6.24. The number of aromatic nitrogens is 2. The molecule has 2 amide bonds. The third-order valence-electron chi connectivity index (χ3n) is 6.50. The van der Waals surface area contributed by atoms with Crippen molar-refractivity contribution in [1.82, 2.24) is 9.78 Å². The lowest BCUT2D eigenvalue weighted by atomic mass is 9.94. The Bertz CT molecular complexity index is 1510. The molecule has 0 atom stereocenters. The number of carboxylic acid groups (broad SMARTS) is 1. The molecule has 2 saturated carbocycles. The van der Waals surface area contributed by atoms with E-state index < -0.39 is 70.8 Å². The predicted molar refractivity (Wildman–Crippen MR) is 123 cm³/mol. The maximum atomic E-state index is 14.1. The van der Waals surface area contributed by atoms with Gasteiger partial charge in [0.05, 0.1) is 26.9 Å². The van der Waals surface area contributed by atoms with Crippen LogP contribution in [-0.4, -0.2) is 33.9 Å². The number of primary amides is 1. The van der Waals surface area contributed by atoms with Gasteiger partial charge in [-0.05, 0) is 31.7 Å². The summed E-state index contributed by atoms with van der Waals surface area (Å²) in [7, 11) is -9.47. The van der Waals surface area contributed by atoms with Crippen LogP contribution in [0.4, 0.5) is 30.0 Å². The summed E-state index contributed by atoms with van der Waals surface area (Å²) in [5.74, 6) is -1.42. The number of amides is 2. The van der Waals surface area contributed by atoms with Crippen LogP contribution in [0.1, 0.15) is 42.5 Å². The average Bonchev–Trinajstić information content (AvgIpc) is 3.68. The van der Waals surface area contributed by atoms with Gasteiger partial charge < -0.3 is 10.8 Å². The van der Waals surface area contributed by atoms with Crippen LogP contribution in [0.2, 0.25) is 10.0 Å². The quantitative estimate of drug-likeness (QED) is 0.404. The van der Waals surface area contributed by atoms with Gasteiger partial charge >= 0.3 is 16.3 Å². The lowest BCUT2D eigenvalue weighted by Crippen LogP contribution is -2.33. The van der Waals surface area contributed by atoms with E-state index in [2.05, 4.69) is 5.10 Å². The minimum Gasteiger partial charge on any atom is -0.465 e. The lowest BCUT2D eigenvalue weighted by Gasteiger charge is -2.43. The van der Waals surface area contributed by atoms with Crippen molar-refractivity contribution >= 4 is 51.2 Å². The van der Waals surface area contributed by atoms with Crippen LogP contribution in [0.25, 0.3) is 5.69 Å². The van der Waals surface area contributed by atoms with Crippen molar-refractivity contribution < 1.29 is 34.1 Å². The molecule has 9 nitrogen and oxygen atoms in total. The summed E-state index contributed by atoms with van der Waals surface area (Å²) in [6, 6.07) is 3.19. The molecule has 2 aliphatic carbocycles. The highest BCUT2D eigenvalue weighted by Gasteiger charge is 2.69. The fraction of sp³-hybridized carbons (Fsp3) is 0.350. The molecule has 0 spiro atoms. The number of benzene rings is 1. The molecule has 0 unspecified atom stereocenters. The standard InChI is InChI=1S/C20H15Cl2F5N6O3S/c1-32(18(35)36)16-12(20(4-5-20)17(30)34)10(7-28)31-33(16)15-9(21)6-11(37(23,24,25,26)27)13(14(15)22)19(8-29)2-3-19/h6H,2-5H2,1H3,(H2,30,34)(H,35,36). The summed E-state index contributed by atoms with van der Waals surface area (Å²) in [6.45, 7) is 0. The average molecular weight is 585 g/mol. The van der Waals surface area contributed by atoms with Gasteiger partial charge in [0.25, 0.3) is 0 Å². The van der Waals surface area contributed by atoms with Crippen molar-refractivity contribution in [2.45, 2.75) is 41.4 Å². The summed E-state index contributed by atoms with van der Waals surface area (Å²) in [4.78, 5) is 22.2. The van der Waals surface area contributed by atoms with Crippen molar-refractivity contribution in [2.75, 3.05) is 11.9 Å². The first-order valence-electron chi connectivity index (χ1n) is 10.2. The first kappa shape index (κ1) is 26.8. The van der Waals surface area contributed by atoms with Gasteiger partial charge in [0.1, 0.15) is 22.5 Å². The van der Waals surface area contributed by atoms with E-state index in [9.17, 15) is 44.6 Å². The van der Waals surface area contributed by atoms with Crippen LogP contribution in [0.5, 0.6) is 0 Å². The maximum Gasteiger partial charge on any atom is 0.412 e. The summed E-state index contributed by atoms with van der Waals surface area (Å²) in [5, 5.41) is 30.8. The van der Waals surface area contributed by atoms with Crippen LogP contribution in [0.3, 0.4) is 0 Å². The number of halogens is 7. The molecule has 17 heteroatoms. The maximum absolute atomic E-state index is 14.1. The Labute approximate surface area is 215 Å². The molecule has 4 rings (SSSR count). The van der Waals surface area contributed by atoms with E-state index in [4.69, 9.17) is 28.9 Å². The Morgan fingerprint density at radius 1 is 1.16 bits per heavy atom. The molecule has 2 aliphatic rings. The zero-order valence-corrected chi connectivity index (χ0v) is 20.9. The number of hydrogen-bond donors (Lipinski definition) is 2. The second-order valence-corrected chi connectivity index (χ2v) is 12.1. The Morgan fingerprint density at radius 2 is 1.73 bits per heavy atom. The minimum absolute atomic E-state index is 0.0873.